The van der Waals surface area contributed by atoms with Crippen molar-refractivity contribution in [3.05, 3.63) is 18.0 Å². The zero-order valence-electron chi connectivity index (χ0n) is 12.1. The number of alkyl halides is 1. The summed E-state index contributed by atoms with van der Waals surface area (Å²) < 4.78 is 28.4. The molecule has 0 amide bonds. The molecular formula is C13H23ClN2O2S. The SMILES string of the molecule is CCCC(C)N(C)S(=O)(=O)c1cc(CCl)n(CC)c1. The zero-order valence-corrected chi connectivity index (χ0v) is 13.6. The molecule has 6 heteroatoms. The largest absolute Gasteiger partial charge is 0.349 e. The van der Waals surface area contributed by atoms with Crippen LogP contribution in [0.1, 0.15) is 39.3 Å². The van der Waals surface area contributed by atoms with Crippen molar-refractivity contribution in [1.29, 1.82) is 0 Å². The highest BCUT2D eigenvalue weighted by atomic mass is 35.5. The first-order valence-electron chi connectivity index (χ1n) is 6.61. The first-order chi connectivity index (χ1) is 8.88. The van der Waals surface area contributed by atoms with Gasteiger partial charge in [0.05, 0.1) is 5.88 Å². The molecule has 0 aliphatic rings. The number of rotatable bonds is 7. The molecule has 0 saturated heterocycles. The average molecular weight is 307 g/mol. The van der Waals surface area contributed by atoms with Crippen LogP contribution in [0.5, 0.6) is 0 Å². The summed E-state index contributed by atoms with van der Waals surface area (Å²) in [6.07, 6.45) is 3.48. The van der Waals surface area contributed by atoms with Crippen molar-refractivity contribution >= 4 is 21.6 Å². The van der Waals surface area contributed by atoms with Crippen molar-refractivity contribution in [3.63, 3.8) is 0 Å². The lowest BCUT2D eigenvalue weighted by molar-refractivity contribution is 0.368. The second-order valence-electron chi connectivity index (χ2n) is 4.75. The van der Waals surface area contributed by atoms with E-state index in [9.17, 15) is 8.42 Å². The van der Waals surface area contributed by atoms with Crippen LogP contribution < -0.4 is 0 Å². The fourth-order valence-corrected chi connectivity index (χ4v) is 3.76. The summed E-state index contributed by atoms with van der Waals surface area (Å²) in [7, 11) is -1.79. The Morgan fingerprint density at radius 2 is 2.05 bits per heavy atom. The zero-order chi connectivity index (χ0) is 14.6. The van der Waals surface area contributed by atoms with Gasteiger partial charge in [0.15, 0.2) is 0 Å². The lowest BCUT2D eigenvalue weighted by atomic mass is 10.2. The van der Waals surface area contributed by atoms with Crippen LogP contribution in [0.25, 0.3) is 0 Å². The van der Waals surface area contributed by atoms with Gasteiger partial charge in [0.25, 0.3) is 0 Å². The van der Waals surface area contributed by atoms with E-state index in [1.807, 2.05) is 18.4 Å². The highest BCUT2D eigenvalue weighted by molar-refractivity contribution is 7.89. The highest BCUT2D eigenvalue weighted by Crippen LogP contribution is 2.22. The van der Waals surface area contributed by atoms with Crippen LogP contribution in [0.2, 0.25) is 0 Å². The maximum Gasteiger partial charge on any atom is 0.244 e. The van der Waals surface area contributed by atoms with Crippen LogP contribution in [0.15, 0.2) is 17.2 Å². The fourth-order valence-electron chi connectivity index (χ4n) is 2.07. The fraction of sp³-hybridized carbons (Fsp3) is 0.692. The number of sulfonamides is 1. The van der Waals surface area contributed by atoms with E-state index >= 15 is 0 Å². The van der Waals surface area contributed by atoms with Crippen molar-refractivity contribution in [2.75, 3.05) is 7.05 Å². The first-order valence-corrected chi connectivity index (χ1v) is 8.58. The summed E-state index contributed by atoms with van der Waals surface area (Å²) in [5.74, 6) is 0.317. The molecule has 110 valence electrons. The first kappa shape index (κ1) is 16.5. The molecule has 1 heterocycles. The Bertz CT molecular complexity index is 489. The average Bonchev–Trinajstić information content (AvgIpc) is 2.81. The normalized spacial score (nSPS) is 14.0. The minimum Gasteiger partial charge on any atom is -0.349 e. The Morgan fingerprint density at radius 1 is 1.42 bits per heavy atom. The van der Waals surface area contributed by atoms with E-state index in [1.165, 1.54) is 4.31 Å². The van der Waals surface area contributed by atoms with Crippen LogP contribution >= 0.6 is 11.6 Å². The van der Waals surface area contributed by atoms with Crippen molar-refractivity contribution in [1.82, 2.24) is 8.87 Å². The van der Waals surface area contributed by atoms with Crippen molar-refractivity contribution in [2.45, 2.75) is 57.0 Å². The number of hydrogen-bond acceptors (Lipinski definition) is 2. The van der Waals surface area contributed by atoms with Gasteiger partial charge in [0.2, 0.25) is 10.0 Å². The standard InChI is InChI=1S/C13H23ClN2O2S/c1-5-7-11(3)15(4)19(17,18)13-8-12(9-14)16(6-2)10-13/h8,10-11H,5-7,9H2,1-4H3. The van der Waals surface area contributed by atoms with Crippen LogP contribution in [0.4, 0.5) is 0 Å². The van der Waals surface area contributed by atoms with E-state index in [0.29, 0.717) is 17.3 Å². The van der Waals surface area contributed by atoms with Crippen LogP contribution in [-0.4, -0.2) is 30.4 Å². The topological polar surface area (TPSA) is 42.3 Å². The van der Waals surface area contributed by atoms with Crippen molar-refractivity contribution in [2.24, 2.45) is 0 Å². The lowest BCUT2D eigenvalue weighted by Gasteiger charge is -2.23. The second-order valence-corrected chi connectivity index (χ2v) is 7.01. The summed E-state index contributed by atoms with van der Waals surface area (Å²) in [6.45, 7) is 6.66. The van der Waals surface area contributed by atoms with Crippen LogP contribution in [0, 0.1) is 0 Å². The molecule has 0 N–H and O–H groups in total. The minimum atomic E-state index is -3.43. The third kappa shape index (κ3) is 3.52. The molecule has 0 radical (unpaired) electrons. The van der Waals surface area contributed by atoms with Gasteiger partial charge < -0.3 is 4.57 Å². The maximum atomic E-state index is 12.5. The predicted molar refractivity (Wildman–Crippen MR) is 79.0 cm³/mol. The summed E-state index contributed by atoms with van der Waals surface area (Å²) in [6, 6.07) is 1.67. The third-order valence-electron chi connectivity index (χ3n) is 3.44. The van der Waals surface area contributed by atoms with E-state index in [-0.39, 0.29) is 6.04 Å². The number of aromatic nitrogens is 1. The summed E-state index contributed by atoms with van der Waals surface area (Å²) in [5.41, 5.74) is 0.833. The van der Waals surface area contributed by atoms with E-state index in [2.05, 4.69) is 6.92 Å². The Labute approximate surface area is 121 Å². The van der Waals surface area contributed by atoms with Crippen LogP contribution in [-0.2, 0) is 22.4 Å². The third-order valence-corrected chi connectivity index (χ3v) is 5.65. The Hall–Kier alpha value is -0.520. The Balaban J connectivity index is 3.09. The predicted octanol–water partition coefficient (Wildman–Crippen LogP) is 3.06. The number of aryl methyl sites for hydroxylation is 1. The van der Waals surface area contributed by atoms with Gasteiger partial charge in [-0.25, -0.2) is 8.42 Å². The maximum absolute atomic E-state index is 12.5. The minimum absolute atomic E-state index is 0.000530. The molecule has 1 unspecified atom stereocenters. The highest BCUT2D eigenvalue weighted by Gasteiger charge is 2.26. The summed E-state index contributed by atoms with van der Waals surface area (Å²) in [5, 5.41) is 0. The Morgan fingerprint density at radius 3 is 2.47 bits per heavy atom. The van der Waals surface area contributed by atoms with E-state index < -0.39 is 10.0 Å². The molecule has 0 aromatic carbocycles. The van der Waals surface area contributed by atoms with Crippen molar-refractivity contribution in [3.8, 4) is 0 Å². The molecule has 1 aromatic rings. The van der Waals surface area contributed by atoms with Gasteiger partial charge in [-0.2, -0.15) is 4.31 Å². The van der Waals surface area contributed by atoms with Gasteiger partial charge in [0, 0.05) is 31.5 Å². The Kier molecular flexibility index (Phi) is 5.89. The van der Waals surface area contributed by atoms with E-state index in [4.69, 9.17) is 11.6 Å². The molecule has 0 saturated carbocycles. The molecule has 0 spiro atoms. The van der Waals surface area contributed by atoms with Gasteiger partial charge in [-0.3, -0.25) is 0 Å². The molecule has 19 heavy (non-hydrogen) atoms. The molecule has 4 nitrogen and oxygen atoms in total. The molecule has 0 aliphatic heterocycles. The molecule has 1 aromatic heterocycles. The number of hydrogen-bond donors (Lipinski definition) is 0. The van der Waals surface area contributed by atoms with E-state index in [1.54, 1.807) is 19.3 Å². The van der Waals surface area contributed by atoms with Gasteiger partial charge in [-0.15, -0.1) is 11.6 Å². The smallest absolute Gasteiger partial charge is 0.244 e. The molecule has 0 bridgehead atoms. The lowest BCUT2D eigenvalue weighted by Crippen LogP contribution is -2.34. The summed E-state index contributed by atoms with van der Waals surface area (Å²) >= 11 is 5.84. The number of nitrogens with zero attached hydrogens (tertiary/aromatic N) is 2. The molecule has 1 atom stereocenters. The van der Waals surface area contributed by atoms with Gasteiger partial charge in [0.1, 0.15) is 4.90 Å². The number of halogens is 1. The molecule has 1 rings (SSSR count). The monoisotopic (exact) mass is 306 g/mol. The van der Waals surface area contributed by atoms with Gasteiger partial charge in [-0.1, -0.05) is 13.3 Å². The molecule has 0 aliphatic carbocycles. The van der Waals surface area contributed by atoms with E-state index in [0.717, 1.165) is 18.5 Å². The molecular weight excluding hydrogens is 284 g/mol. The second kappa shape index (κ2) is 6.77. The quantitative estimate of drug-likeness (QED) is 0.727. The van der Waals surface area contributed by atoms with Crippen LogP contribution in [0.3, 0.4) is 0 Å². The summed E-state index contributed by atoms with van der Waals surface area (Å²) in [4.78, 5) is 0.329. The van der Waals surface area contributed by atoms with Gasteiger partial charge in [-0.05, 0) is 26.3 Å². The van der Waals surface area contributed by atoms with Gasteiger partial charge >= 0.3 is 0 Å². The molecule has 0 fully saturated rings. The van der Waals surface area contributed by atoms with Crippen molar-refractivity contribution < 1.29 is 8.42 Å².